The molecule has 2 rings (SSSR count). The molecule has 1 aromatic heterocycles. The van der Waals surface area contributed by atoms with Crippen molar-refractivity contribution in [3.05, 3.63) is 36.7 Å². The molecular weight excluding hydrogens is 168 g/mol. The zero-order valence-electron chi connectivity index (χ0n) is 6.79. The van der Waals surface area contributed by atoms with E-state index in [0.29, 0.717) is 0 Å². The van der Waals surface area contributed by atoms with Crippen LogP contribution in [0, 0.1) is 6.07 Å². The van der Waals surface area contributed by atoms with Gasteiger partial charge < -0.3 is 4.74 Å². The molecule has 0 bridgehead atoms. The molecule has 0 saturated carbocycles. The molecule has 1 heterocycles. The minimum atomic E-state index is 0.268. The summed E-state index contributed by atoms with van der Waals surface area (Å²) in [5.74, 6) is 0.760. The Hall–Kier alpha value is -1.91. The molecule has 0 fully saturated rings. The Morgan fingerprint density at radius 2 is 2.23 bits per heavy atom. The predicted octanol–water partition coefficient (Wildman–Crippen LogP) is 0.510. The Bertz CT molecular complexity index is 346. The monoisotopic (exact) mass is 175 g/mol. The lowest BCUT2D eigenvalue weighted by Crippen LogP contribution is -2.08. The first-order chi connectivity index (χ1) is 6.45. The molecule has 5 heteroatoms. The summed E-state index contributed by atoms with van der Waals surface area (Å²) in [6.07, 6.45) is 1.36. The molecule has 0 saturated heterocycles. The molecule has 1 aromatic carbocycles. The van der Waals surface area contributed by atoms with Crippen LogP contribution in [0.4, 0.5) is 0 Å². The smallest absolute Gasteiger partial charge is 0.200 e. The van der Waals surface area contributed by atoms with Gasteiger partial charge in [0.05, 0.1) is 0 Å². The number of nitrogens with zero attached hydrogens (tertiary/aromatic N) is 4. The minimum absolute atomic E-state index is 0.268. The number of ether oxygens (including phenoxy) is 1. The molecule has 0 unspecified atom stereocenters. The maximum atomic E-state index is 5.33. The van der Waals surface area contributed by atoms with Gasteiger partial charge >= 0.3 is 0 Å². The zero-order chi connectivity index (χ0) is 8.93. The maximum absolute atomic E-state index is 5.33. The predicted molar refractivity (Wildman–Crippen MR) is 43.7 cm³/mol. The van der Waals surface area contributed by atoms with Crippen molar-refractivity contribution in [3.8, 4) is 5.75 Å². The van der Waals surface area contributed by atoms with Crippen LogP contribution >= 0.6 is 0 Å². The van der Waals surface area contributed by atoms with Crippen molar-refractivity contribution in [2.45, 2.75) is 6.73 Å². The van der Waals surface area contributed by atoms with Crippen molar-refractivity contribution in [2.75, 3.05) is 0 Å². The fourth-order valence-corrected chi connectivity index (χ4v) is 0.848. The highest BCUT2D eigenvalue weighted by molar-refractivity contribution is 5.19. The second-order valence-corrected chi connectivity index (χ2v) is 2.32. The SMILES string of the molecule is [c]1ccc(OCn2ncnn2)cc1. The van der Waals surface area contributed by atoms with Gasteiger partial charge in [-0.25, -0.2) is 0 Å². The molecule has 0 spiro atoms. The average Bonchev–Trinajstić information content (AvgIpc) is 2.69. The lowest BCUT2D eigenvalue weighted by Gasteiger charge is -2.02. The van der Waals surface area contributed by atoms with E-state index in [1.807, 2.05) is 12.1 Å². The van der Waals surface area contributed by atoms with Gasteiger partial charge in [0.2, 0.25) is 6.73 Å². The van der Waals surface area contributed by atoms with Gasteiger partial charge in [-0.05, 0) is 23.4 Å². The fraction of sp³-hybridized carbons (Fsp3) is 0.125. The molecule has 0 aliphatic carbocycles. The molecule has 65 valence electrons. The lowest BCUT2D eigenvalue weighted by molar-refractivity contribution is 0.200. The van der Waals surface area contributed by atoms with Gasteiger partial charge in [-0.2, -0.15) is 0 Å². The van der Waals surface area contributed by atoms with Crippen LogP contribution in [0.15, 0.2) is 30.6 Å². The van der Waals surface area contributed by atoms with Crippen LogP contribution in [0.3, 0.4) is 0 Å². The topological polar surface area (TPSA) is 52.8 Å². The number of hydrogen-bond donors (Lipinski definition) is 0. The van der Waals surface area contributed by atoms with Crippen LogP contribution in [-0.2, 0) is 6.73 Å². The number of hydrogen-bond acceptors (Lipinski definition) is 4. The Kier molecular flexibility index (Phi) is 2.18. The van der Waals surface area contributed by atoms with Gasteiger partial charge in [-0.1, -0.05) is 12.1 Å². The molecule has 0 N–H and O–H groups in total. The quantitative estimate of drug-likeness (QED) is 0.682. The van der Waals surface area contributed by atoms with Gasteiger partial charge in [0, 0.05) is 0 Å². The van der Waals surface area contributed by atoms with Crippen LogP contribution < -0.4 is 4.74 Å². The third kappa shape index (κ3) is 2.02. The van der Waals surface area contributed by atoms with Crippen LogP contribution in [0.1, 0.15) is 0 Å². The second-order valence-electron chi connectivity index (χ2n) is 2.32. The number of benzene rings is 1. The number of tetrazole rings is 1. The summed E-state index contributed by atoms with van der Waals surface area (Å²) < 4.78 is 5.33. The summed E-state index contributed by atoms with van der Waals surface area (Å²) in [4.78, 5) is 1.36. The van der Waals surface area contributed by atoms with Crippen molar-refractivity contribution in [1.29, 1.82) is 0 Å². The van der Waals surface area contributed by atoms with E-state index >= 15 is 0 Å². The van der Waals surface area contributed by atoms with Gasteiger partial charge in [-0.15, -0.1) is 15.0 Å². The Balaban J connectivity index is 1.94. The second kappa shape index (κ2) is 3.66. The highest BCUT2D eigenvalue weighted by Gasteiger charge is 1.93. The molecule has 0 atom stereocenters. The molecule has 0 amide bonds. The fourth-order valence-electron chi connectivity index (χ4n) is 0.848. The summed E-state index contributed by atoms with van der Waals surface area (Å²) in [5.41, 5.74) is 0. The zero-order valence-corrected chi connectivity index (χ0v) is 6.79. The van der Waals surface area contributed by atoms with Crippen molar-refractivity contribution < 1.29 is 4.74 Å². The summed E-state index contributed by atoms with van der Waals surface area (Å²) in [5, 5.41) is 11.0. The molecule has 13 heavy (non-hydrogen) atoms. The van der Waals surface area contributed by atoms with Crippen LogP contribution in [-0.4, -0.2) is 20.2 Å². The third-order valence-corrected chi connectivity index (χ3v) is 1.43. The van der Waals surface area contributed by atoms with Gasteiger partial charge in [0.25, 0.3) is 0 Å². The van der Waals surface area contributed by atoms with E-state index in [1.165, 1.54) is 11.1 Å². The van der Waals surface area contributed by atoms with E-state index in [9.17, 15) is 0 Å². The van der Waals surface area contributed by atoms with E-state index in [4.69, 9.17) is 4.74 Å². The summed E-state index contributed by atoms with van der Waals surface area (Å²) >= 11 is 0. The molecule has 0 aliphatic rings. The average molecular weight is 175 g/mol. The van der Waals surface area contributed by atoms with Crippen LogP contribution in [0.5, 0.6) is 5.75 Å². The first-order valence-electron chi connectivity index (χ1n) is 3.75. The summed E-state index contributed by atoms with van der Waals surface area (Å²) in [6.45, 7) is 0.268. The highest BCUT2D eigenvalue weighted by Crippen LogP contribution is 2.07. The Labute approximate surface area is 75.0 Å². The Morgan fingerprint density at radius 1 is 1.38 bits per heavy atom. The third-order valence-electron chi connectivity index (χ3n) is 1.43. The molecule has 2 aromatic rings. The first-order valence-corrected chi connectivity index (χ1v) is 3.75. The van der Waals surface area contributed by atoms with E-state index < -0.39 is 0 Å². The summed E-state index contributed by atoms with van der Waals surface area (Å²) in [7, 11) is 0. The molecule has 5 nitrogen and oxygen atoms in total. The van der Waals surface area contributed by atoms with Crippen LogP contribution in [0.2, 0.25) is 0 Å². The van der Waals surface area contributed by atoms with Crippen molar-refractivity contribution in [1.82, 2.24) is 20.2 Å². The van der Waals surface area contributed by atoms with Gasteiger partial charge in [-0.3, -0.25) is 0 Å². The van der Waals surface area contributed by atoms with Crippen molar-refractivity contribution >= 4 is 0 Å². The normalized spacial score (nSPS) is 9.85. The number of aromatic nitrogens is 4. The molecular formula is C8H7N4O. The largest absolute Gasteiger partial charge is 0.470 e. The molecule has 1 radical (unpaired) electrons. The first kappa shape index (κ1) is 7.72. The lowest BCUT2D eigenvalue weighted by atomic mass is 10.3. The van der Waals surface area contributed by atoms with Crippen molar-refractivity contribution in [3.63, 3.8) is 0 Å². The standard InChI is InChI=1S/C8H7N4O/c1-2-4-8(5-3-1)13-7-12-10-6-9-11-12/h2-6H,7H2. The van der Waals surface area contributed by atoms with E-state index in [-0.39, 0.29) is 6.73 Å². The molecule has 0 aliphatic heterocycles. The van der Waals surface area contributed by atoms with Gasteiger partial charge in [0.15, 0.2) is 6.33 Å². The van der Waals surface area contributed by atoms with Crippen molar-refractivity contribution in [2.24, 2.45) is 0 Å². The highest BCUT2D eigenvalue weighted by atomic mass is 16.5. The van der Waals surface area contributed by atoms with E-state index in [0.717, 1.165) is 5.75 Å². The minimum Gasteiger partial charge on any atom is -0.470 e. The van der Waals surface area contributed by atoms with E-state index in [2.05, 4.69) is 21.5 Å². The summed E-state index contributed by atoms with van der Waals surface area (Å²) in [6, 6.07) is 10.1. The Morgan fingerprint density at radius 3 is 2.92 bits per heavy atom. The van der Waals surface area contributed by atoms with Crippen LogP contribution in [0.25, 0.3) is 0 Å². The van der Waals surface area contributed by atoms with E-state index in [1.54, 1.807) is 12.1 Å². The number of rotatable bonds is 3. The maximum Gasteiger partial charge on any atom is 0.200 e. The van der Waals surface area contributed by atoms with Gasteiger partial charge in [0.1, 0.15) is 5.75 Å².